The molecular formula is C24H35NO. The standard InChI is InChI=1S/C24H35NO/c1-17-5-2-3-6-20(17)14-24(16-26)7-4-8-25(15-24)23-21-10-18-9-19(12-21)13-22(23)11-18/h2-3,5-6,18-19,21-23,26H,4,7-16H2,1H3/t18?,19?,21?,22?,23?,24-/m0/s1. The van der Waals surface area contributed by atoms with Crippen molar-refractivity contribution in [1.29, 1.82) is 0 Å². The summed E-state index contributed by atoms with van der Waals surface area (Å²) >= 11 is 0. The Morgan fingerprint density at radius 2 is 1.73 bits per heavy atom. The summed E-state index contributed by atoms with van der Waals surface area (Å²) < 4.78 is 0. The van der Waals surface area contributed by atoms with Gasteiger partial charge in [-0.05, 0) is 99.6 Å². The molecule has 0 radical (unpaired) electrons. The summed E-state index contributed by atoms with van der Waals surface area (Å²) in [6, 6.07) is 9.61. The topological polar surface area (TPSA) is 23.5 Å². The van der Waals surface area contributed by atoms with E-state index in [4.69, 9.17) is 0 Å². The number of aliphatic hydroxyl groups is 1. The van der Waals surface area contributed by atoms with Gasteiger partial charge >= 0.3 is 0 Å². The van der Waals surface area contributed by atoms with E-state index in [-0.39, 0.29) is 5.41 Å². The molecule has 2 heteroatoms. The second-order valence-corrected chi connectivity index (χ2v) is 10.3. The third-order valence-corrected chi connectivity index (χ3v) is 8.45. The molecule has 1 aromatic rings. The quantitative estimate of drug-likeness (QED) is 0.865. The molecule has 0 spiro atoms. The van der Waals surface area contributed by atoms with E-state index in [2.05, 4.69) is 36.1 Å². The lowest BCUT2D eigenvalue weighted by Gasteiger charge is -2.59. The van der Waals surface area contributed by atoms with Gasteiger partial charge in [-0.2, -0.15) is 0 Å². The van der Waals surface area contributed by atoms with Crippen molar-refractivity contribution in [2.75, 3.05) is 19.7 Å². The van der Waals surface area contributed by atoms with Gasteiger partial charge in [0.25, 0.3) is 0 Å². The van der Waals surface area contributed by atoms with E-state index in [1.54, 1.807) is 0 Å². The molecule has 26 heavy (non-hydrogen) atoms. The molecule has 1 aliphatic heterocycles. The summed E-state index contributed by atoms with van der Waals surface area (Å²) in [5, 5.41) is 10.4. The molecular weight excluding hydrogens is 318 g/mol. The molecule has 1 N–H and O–H groups in total. The van der Waals surface area contributed by atoms with Crippen LogP contribution in [0, 0.1) is 36.0 Å². The minimum absolute atomic E-state index is 0.0685. The Morgan fingerprint density at radius 3 is 2.38 bits per heavy atom. The maximum Gasteiger partial charge on any atom is 0.0502 e. The molecule has 6 rings (SSSR count). The SMILES string of the molecule is Cc1ccccc1C[C@@]1(CO)CCCN(C2C3CC4CC(C3)CC2C4)C1. The van der Waals surface area contributed by atoms with E-state index in [0.717, 1.165) is 42.7 Å². The Kier molecular flexibility index (Phi) is 4.40. The summed E-state index contributed by atoms with van der Waals surface area (Å²) in [5.41, 5.74) is 2.89. The highest BCUT2D eigenvalue weighted by molar-refractivity contribution is 5.27. The molecule has 1 heterocycles. The molecule has 4 aliphatic carbocycles. The number of hydrogen-bond acceptors (Lipinski definition) is 2. The third kappa shape index (κ3) is 2.94. The maximum absolute atomic E-state index is 10.4. The van der Waals surface area contributed by atoms with Crippen molar-refractivity contribution in [2.45, 2.75) is 64.3 Å². The summed E-state index contributed by atoms with van der Waals surface area (Å²) in [6.07, 6.45) is 11.0. The van der Waals surface area contributed by atoms with Gasteiger partial charge in [-0.15, -0.1) is 0 Å². The minimum atomic E-state index is 0.0685. The van der Waals surface area contributed by atoms with Gasteiger partial charge in [0.2, 0.25) is 0 Å². The lowest BCUT2D eigenvalue weighted by molar-refractivity contribution is -0.0933. The maximum atomic E-state index is 10.4. The van der Waals surface area contributed by atoms with Crippen molar-refractivity contribution < 1.29 is 5.11 Å². The van der Waals surface area contributed by atoms with Crippen molar-refractivity contribution in [3.8, 4) is 0 Å². The van der Waals surface area contributed by atoms with Crippen LogP contribution in [0.3, 0.4) is 0 Å². The van der Waals surface area contributed by atoms with E-state index in [1.165, 1.54) is 62.6 Å². The van der Waals surface area contributed by atoms with Crippen LogP contribution >= 0.6 is 0 Å². The lowest BCUT2D eigenvalue weighted by atomic mass is 9.53. The fourth-order valence-electron chi connectivity index (χ4n) is 7.53. The van der Waals surface area contributed by atoms with Gasteiger partial charge in [0, 0.05) is 18.0 Å². The van der Waals surface area contributed by atoms with E-state index in [1.807, 2.05) is 0 Å². The zero-order chi connectivity index (χ0) is 17.7. The Hall–Kier alpha value is -0.860. The first-order chi connectivity index (χ1) is 12.7. The van der Waals surface area contributed by atoms with Crippen LogP contribution in [-0.4, -0.2) is 35.7 Å². The second-order valence-electron chi connectivity index (χ2n) is 10.3. The predicted octanol–water partition coefficient (Wildman–Crippen LogP) is 4.44. The number of rotatable bonds is 4. The Bertz CT molecular complexity index is 627. The highest BCUT2D eigenvalue weighted by Gasteiger charge is 2.51. The molecule has 0 unspecified atom stereocenters. The largest absolute Gasteiger partial charge is 0.396 e. The zero-order valence-corrected chi connectivity index (χ0v) is 16.4. The van der Waals surface area contributed by atoms with Crippen molar-refractivity contribution in [3.63, 3.8) is 0 Å². The average Bonchev–Trinajstić information content (AvgIpc) is 2.63. The fraction of sp³-hybridized carbons (Fsp3) is 0.750. The number of piperidine rings is 1. The van der Waals surface area contributed by atoms with Crippen molar-refractivity contribution in [3.05, 3.63) is 35.4 Å². The minimum Gasteiger partial charge on any atom is -0.396 e. The van der Waals surface area contributed by atoms with Gasteiger partial charge in [-0.3, -0.25) is 4.90 Å². The van der Waals surface area contributed by atoms with Crippen molar-refractivity contribution >= 4 is 0 Å². The first kappa shape index (κ1) is 17.3. The van der Waals surface area contributed by atoms with Gasteiger partial charge < -0.3 is 5.11 Å². The van der Waals surface area contributed by atoms with E-state index < -0.39 is 0 Å². The van der Waals surface area contributed by atoms with E-state index >= 15 is 0 Å². The number of hydrogen-bond donors (Lipinski definition) is 1. The van der Waals surface area contributed by atoms with Gasteiger partial charge in [0.05, 0.1) is 6.61 Å². The highest BCUT2D eigenvalue weighted by Crippen LogP contribution is 2.56. The number of nitrogens with zero attached hydrogens (tertiary/aromatic N) is 1. The predicted molar refractivity (Wildman–Crippen MR) is 106 cm³/mol. The molecule has 5 aliphatic rings. The molecule has 0 amide bonds. The third-order valence-electron chi connectivity index (χ3n) is 8.45. The smallest absolute Gasteiger partial charge is 0.0502 e. The first-order valence-corrected chi connectivity index (χ1v) is 11.1. The monoisotopic (exact) mass is 353 g/mol. The average molecular weight is 354 g/mol. The van der Waals surface area contributed by atoms with Gasteiger partial charge in [0.1, 0.15) is 0 Å². The summed E-state index contributed by atoms with van der Waals surface area (Å²) in [4.78, 5) is 2.85. The molecule has 1 aromatic carbocycles. The van der Waals surface area contributed by atoms with Crippen LogP contribution in [0.2, 0.25) is 0 Å². The van der Waals surface area contributed by atoms with Gasteiger partial charge in [-0.25, -0.2) is 0 Å². The van der Waals surface area contributed by atoms with Crippen LogP contribution in [0.4, 0.5) is 0 Å². The highest BCUT2D eigenvalue weighted by atomic mass is 16.3. The van der Waals surface area contributed by atoms with Crippen molar-refractivity contribution in [1.82, 2.24) is 4.90 Å². The number of likely N-dealkylation sites (tertiary alicyclic amines) is 1. The Morgan fingerprint density at radius 1 is 1.04 bits per heavy atom. The summed E-state index contributed by atoms with van der Waals surface area (Å²) in [7, 11) is 0. The van der Waals surface area contributed by atoms with Crippen LogP contribution in [0.5, 0.6) is 0 Å². The van der Waals surface area contributed by atoms with Gasteiger partial charge in [-0.1, -0.05) is 24.3 Å². The normalized spacial score (nSPS) is 42.3. The number of aryl methyl sites for hydroxylation is 1. The van der Waals surface area contributed by atoms with Gasteiger partial charge in [0.15, 0.2) is 0 Å². The molecule has 1 saturated heterocycles. The van der Waals surface area contributed by atoms with Crippen LogP contribution < -0.4 is 0 Å². The fourth-order valence-corrected chi connectivity index (χ4v) is 7.53. The molecule has 4 bridgehead atoms. The van der Waals surface area contributed by atoms with Crippen LogP contribution in [0.25, 0.3) is 0 Å². The van der Waals surface area contributed by atoms with Crippen molar-refractivity contribution in [2.24, 2.45) is 29.1 Å². The zero-order valence-electron chi connectivity index (χ0n) is 16.4. The molecule has 4 saturated carbocycles. The molecule has 2 nitrogen and oxygen atoms in total. The van der Waals surface area contributed by atoms with E-state index in [0.29, 0.717) is 6.61 Å². The number of aliphatic hydroxyl groups excluding tert-OH is 1. The molecule has 0 aromatic heterocycles. The Balaban J connectivity index is 1.36. The first-order valence-electron chi connectivity index (χ1n) is 11.1. The second kappa shape index (κ2) is 6.63. The summed E-state index contributed by atoms with van der Waals surface area (Å²) in [5.74, 6) is 4.01. The Labute approximate surface area is 159 Å². The summed E-state index contributed by atoms with van der Waals surface area (Å²) in [6.45, 7) is 4.94. The molecule has 142 valence electrons. The van der Waals surface area contributed by atoms with E-state index in [9.17, 15) is 5.11 Å². The van der Waals surface area contributed by atoms with Crippen LogP contribution in [-0.2, 0) is 6.42 Å². The van der Waals surface area contributed by atoms with Crippen LogP contribution in [0.15, 0.2) is 24.3 Å². The van der Waals surface area contributed by atoms with Crippen LogP contribution in [0.1, 0.15) is 56.1 Å². The molecule has 5 fully saturated rings. The molecule has 1 atom stereocenters. The number of benzene rings is 1. The lowest BCUT2D eigenvalue weighted by Crippen LogP contribution is -2.60.